The van der Waals surface area contributed by atoms with Crippen molar-refractivity contribution in [1.29, 1.82) is 0 Å². The number of hydrogen-bond acceptors (Lipinski definition) is 0. The molecule has 1 aromatic heterocycles. The third-order valence-corrected chi connectivity index (χ3v) is 7.79. The number of aromatic nitrogens is 2. The molecule has 0 amide bonds. The van der Waals surface area contributed by atoms with Crippen LogP contribution in [0.25, 0.3) is 0 Å². The van der Waals surface area contributed by atoms with Crippen LogP contribution in [0, 0.1) is 0 Å². The smallest absolute Gasteiger partial charge is 0.234 e. The maximum Gasteiger partial charge on any atom is 0.256 e. The zero-order valence-corrected chi connectivity index (χ0v) is 24.2. The molecular formula is C34H59N2+. The third kappa shape index (κ3) is 14.2. The summed E-state index contributed by atoms with van der Waals surface area (Å²) >= 11 is 0. The fraction of sp³-hybridized carbons (Fsp3) is 0.735. The Labute approximate surface area is 224 Å². The van der Waals surface area contributed by atoms with Gasteiger partial charge in [-0.3, -0.25) is 0 Å². The molecular weight excluding hydrogens is 436 g/mol. The van der Waals surface area contributed by atoms with E-state index < -0.39 is 0 Å². The Hall–Kier alpha value is -1.57. The Bertz CT molecular complexity index is 733. The van der Waals surface area contributed by atoms with Crippen molar-refractivity contribution in [2.24, 2.45) is 0 Å². The maximum absolute atomic E-state index is 2.55. The van der Waals surface area contributed by atoms with E-state index in [0.717, 1.165) is 6.54 Å². The van der Waals surface area contributed by atoms with Gasteiger partial charge in [-0.15, -0.1) is 0 Å². The first-order valence-electron chi connectivity index (χ1n) is 16.0. The Kier molecular flexibility index (Phi) is 18.3. The van der Waals surface area contributed by atoms with E-state index in [0.29, 0.717) is 0 Å². The lowest BCUT2D eigenvalue weighted by atomic mass is 10.0. The average Bonchev–Trinajstić information content (AvgIpc) is 3.27. The van der Waals surface area contributed by atoms with Crippen LogP contribution in [-0.2, 0) is 19.5 Å². The number of imidazole rings is 1. The normalized spacial score (nSPS) is 11.4. The minimum Gasteiger partial charge on any atom is -0.234 e. The third-order valence-electron chi connectivity index (χ3n) is 7.79. The van der Waals surface area contributed by atoms with Crippen LogP contribution < -0.4 is 4.57 Å². The molecule has 204 valence electrons. The van der Waals surface area contributed by atoms with E-state index >= 15 is 0 Å². The number of unbranched alkanes of at least 4 members (excludes halogenated alkanes) is 18. The number of rotatable bonds is 24. The van der Waals surface area contributed by atoms with Crippen molar-refractivity contribution in [2.45, 2.75) is 162 Å². The SMILES string of the molecule is CCCCCCCCCCCCCCCCCC[n+]1ccn(Cc2ccccc2)c1CCCCCC. The van der Waals surface area contributed by atoms with Crippen LogP contribution >= 0.6 is 0 Å². The van der Waals surface area contributed by atoms with Crippen LogP contribution in [0.3, 0.4) is 0 Å². The molecule has 0 saturated heterocycles. The van der Waals surface area contributed by atoms with Gasteiger partial charge in [0, 0.05) is 6.42 Å². The lowest BCUT2D eigenvalue weighted by molar-refractivity contribution is -0.704. The Morgan fingerprint density at radius 2 is 1.03 bits per heavy atom. The van der Waals surface area contributed by atoms with Gasteiger partial charge in [0.2, 0.25) is 0 Å². The lowest BCUT2D eigenvalue weighted by Crippen LogP contribution is -2.37. The molecule has 0 atom stereocenters. The van der Waals surface area contributed by atoms with Gasteiger partial charge in [0.05, 0.1) is 6.54 Å². The molecule has 0 fully saturated rings. The van der Waals surface area contributed by atoms with E-state index in [1.165, 1.54) is 153 Å². The first-order valence-corrected chi connectivity index (χ1v) is 16.0. The second-order valence-corrected chi connectivity index (χ2v) is 11.1. The van der Waals surface area contributed by atoms with Crippen LogP contribution in [0.1, 0.15) is 154 Å². The fourth-order valence-corrected chi connectivity index (χ4v) is 5.45. The Morgan fingerprint density at radius 1 is 0.556 bits per heavy atom. The second-order valence-electron chi connectivity index (χ2n) is 11.1. The van der Waals surface area contributed by atoms with Crippen LogP contribution in [-0.4, -0.2) is 4.57 Å². The van der Waals surface area contributed by atoms with Crippen LogP contribution in [0.5, 0.6) is 0 Å². The first-order chi connectivity index (χ1) is 17.8. The first kappa shape index (κ1) is 30.7. The van der Waals surface area contributed by atoms with Crippen LogP contribution in [0.4, 0.5) is 0 Å². The van der Waals surface area contributed by atoms with Crippen molar-refractivity contribution in [2.75, 3.05) is 0 Å². The highest BCUT2D eigenvalue weighted by atomic mass is 15.1. The van der Waals surface area contributed by atoms with Gasteiger partial charge in [0.1, 0.15) is 18.9 Å². The summed E-state index contributed by atoms with van der Waals surface area (Å²) in [6.45, 7) is 6.78. The van der Waals surface area contributed by atoms with E-state index in [2.05, 4.69) is 65.7 Å². The molecule has 0 bridgehead atoms. The molecule has 2 rings (SSSR count). The maximum atomic E-state index is 2.55. The van der Waals surface area contributed by atoms with Crippen molar-refractivity contribution in [3.63, 3.8) is 0 Å². The summed E-state index contributed by atoms with van der Waals surface area (Å²) in [5.41, 5.74) is 1.40. The zero-order valence-electron chi connectivity index (χ0n) is 24.2. The summed E-state index contributed by atoms with van der Waals surface area (Å²) in [4.78, 5) is 0. The summed E-state index contributed by atoms with van der Waals surface area (Å²) in [5, 5.41) is 0. The van der Waals surface area contributed by atoms with E-state index in [1.807, 2.05) is 0 Å². The van der Waals surface area contributed by atoms with E-state index in [1.54, 1.807) is 0 Å². The van der Waals surface area contributed by atoms with Crippen molar-refractivity contribution in [3.05, 3.63) is 54.1 Å². The van der Waals surface area contributed by atoms with Crippen molar-refractivity contribution in [3.8, 4) is 0 Å². The molecule has 0 aliphatic carbocycles. The minimum absolute atomic E-state index is 0.996. The summed E-state index contributed by atoms with van der Waals surface area (Å²) in [7, 11) is 0. The predicted molar refractivity (Wildman–Crippen MR) is 158 cm³/mol. The standard InChI is InChI=1S/C34H59N2/c1-3-5-7-9-10-11-12-13-14-15-16-17-18-19-20-25-29-35-30-31-36(32-33-26-22-21-23-27-33)34(35)28-24-8-6-4-2/h21-23,26-27,30-31H,3-20,24-25,28-29,32H2,1-2H3/q+1. The van der Waals surface area contributed by atoms with Gasteiger partial charge in [-0.25, -0.2) is 9.13 Å². The van der Waals surface area contributed by atoms with Gasteiger partial charge < -0.3 is 0 Å². The molecule has 1 aromatic carbocycles. The highest BCUT2D eigenvalue weighted by Gasteiger charge is 2.16. The van der Waals surface area contributed by atoms with Gasteiger partial charge in [-0.1, -0.05) is 153 Å². The largest absolute Gasteiger partial charge is 0.256 e. The minimum atomic E-state index is 0.996. The van der Waals surface area contributed by atoms with Gasteiger partial charge >= 0.3 is 0 Å². The summed E-state index contributed by atoms with van der Waals surface area (Å²) in [5.74, 6) is 1.52. The molecule has 0 N–H and O–H groups in total. The molecule has 0 aliphatic heterocycles. The average molecular weight is 496 g/mol. The molecule has 0 unspecified atom stereocenters. The summed E-state index contributed by atoms with van der Waals surface area (Å²) in [6.07, 6.45) is 34.1. The van der Waals surface area contributed by atoms with Crippen molar-refractivity contribution >= 4 is 0 Å². The molecule has 0 aliphatic rings. The predicted octanol–water partition coefficient (Wildman–Crippen LogP) is 10.2. The number of benzene rings is 1. The number of hydrogen-bond donors (Lipinski definition) is 0. The lowest BCUT2D eigenvalue weighted by Gasteiger charge is -2.07. The second kappa shape index (κ2) is 21.5. The Balaban J connectivity index is 1.55. The molecule has 0 spiro atoms. The van der Waals surface area contributed by atoms with Gasteiger partial charge in [-0.05, 0) is 24.8 Å². The molecule has 0 saturated carbocycles. The molecule has 36 heavy (non-hydrogen) atoms. The topological polar surface area (TPSA) is 8.81 Å². The Morgan fingerprint density at radius 3 is 1.56 bits per heavy atom. The van der Waals surface area contributed by atoms with E-state index in [9.17, 15) is 0 Å². The van der Waals surface area contributed by atoms with Crippen LogP contribution in [0.15, 0.2) is 42.7 Å². The van der Waals surface area contributed by atoms with E-state index in [4.69, 9.17) is 0 Å². The van der Waals surface area contributed by atoms with Crippen molar-refractivity contribution in [1.82, 2.24) is 4.57 Å². The van der Waals surface area contributed by atoms with Gasteiger partial charge in [0.25, 0.3) is 5.82 Å². The molecule has 2 heteroatoms. The zero-order chi connectivity index (χ0) is 25.5. The van der Waals surface area contributed by atoms with Crippen molar-refractivity contribution < 1.29 is 4.57 Å². The summed E-state index contributed by atoms with van der Waals surface area (Å²) < 4.78 is 5.05. The van der Waals surface area contributed by atoms with Crippen LogP contribution in [0.2, 0.25) is 0 Å². The monoisotopic (exact) mass is 495 g/mol. The molecule has 0 radical (unpaired) electrons. The summed E-state index contributed by atoms with van der Waals surface area (Å²) in [6, 6.07) is 10.9. The highest BCUT2D eigenvalue weighted by molar-refractivity contribution is 5.15. The number of nitrogens with zero attached hydrogens (tertiary/aromatic N) is 2. The van der Waals surface area contributed by atoms with E-state index in [-0.39, 0.29) is 0 Å². The molecule has 2 aromatic rings. The van der Waals surface area contributed by atoms with Gasteiger partial charge in [0.15, 0.2) is 0 Å². The quantitative estimate of drug-likeness (QED) is 0.101. The molecule has 1 heterocycles. The fourth-order valence-electron chi connectivity index (χ4n) is 5.45. The van der Waals surface area contributed by atoms with Gasteiger partial charge in [-0.2, -0.15) is 0 Å². The molecule has 2 nitrogen and oxygen atoms in total. The number of aryl methyl sites for hydroxylation is 1. The highest BCUT2D eigenvalue weighted by Crippen LogP contribution is 2.14.